The Morgan fingerprint density at radius 1 is 0.882 bits per heavy atom. The van der Waals surface area contributed by atoms with Crippen LogP contribution in [0, 0.1) is 10.8 Å². The maximum atomic E-state index is 10.4. The number of hydrogen-bond acceptors (Lipinski definition) is 5. The molecule has 0 fully saturated rings. The molecule has 0 aromatic heterocycles. The van der Waals surface area contributed by atoms with E-state index in [4.69, 9.17) is 14.6 Å². The second kappa shape index (κ2) is 9.65. The quantitative estimate of drug-likeness (QED) is 0.338. The fraction of sp³-hybridized carbons (Fsp3) is 0.241. The van der Waals surface area contributed by atoms with Crippen LogP contribution in [0.5, 0.6) is 5.75 Å². The monoisotopic (exact) mass is 453 g/mol. The fourth-order valence-corrected chi connectivity index (χ4v) is 5.40. The zero-order chi connectivity index (χ0) is 23.4. The first-order valence-electron chi connectivity index (χ1n) is 11.6. The number of benzene rings is 3. The van der Waals surface area contributed by atoms with E-state index in [-0.39, 0.29) is 37.7 Å². The van der Waals surface area contributed by atoms with Gasteiger partial charge < -0.3 is 14.6 Å². The average Bonchev–Trinajstić information content (AvgIpc) is 3.20. The predicted octanol–water partition coefficient (Wildman–Crippen LogP) is 5.62. The van der Waals surface area contributed by atoms with Crippen LogP contribution >= 0.6 is 0 Å². The molecule has 0 heterocycles. The molecule has 0 saturated heterocycles. The Balaban J connectivity index is 1.61. The van der Waals surface area contributed by atoms with E-state index in [1.165, 1.54) is 27.8 Å². The molecule has 1 atom stereocenters. The SMILES string of the molecule is O=NCCOC1=CCC(C2(c3ccc(OCCO)cc3)c3ccccc3-c3ccccc32)C=C1. The second-order valence-electron chi connectivity index (χ2n) is 8.50. The minimum atomic E-state index is -0.369. The van der Waals surface area contributed by atoms with Crippen molar-refractivity contribution in [1.82, 2.24) is 0 Å². The number of ether oxygens (including phenoxy) is 2. The van der Waals surface area contributed by atoms with E-state index in [0.717, 1.165) is 17.9 Å². The van der Waals surface area contributed by atoms with Crippen molar-refractivity contribution in [2.45, 2.75) is 11.8 Å². The maximum absolute atomic E-state index is 10.4. The van der Waals surface area contributed by atoms with Crippen LogP contribution in [0.1, 0.15) is 23.1 Å². The zero-order valence-corrected chi connectivity index (χ0v) is 18.9. The Morgan fingerprint density at radius 3 is 2.15 bits per heavy atom. The number of aliphatic hydroxyl groups excluding tert-OH is 1. The fourth-order valence-electron chi connectivity index (χ4n) is 5.40. The summed E-state index contributed by atoms with van der Waals surface area (Å²) < 4.78 is 11.3. The highest BCUT2D eigenvalue weighted by molar-refractivity contribution is 5.84. The molecule has 5 nitrogen and oxygen atoms in total. The number of aliphatic hydroxyl groups is 1. The summed E-state index contributed by atoms with van der Waals surface area (Å²) in [6, 6.07) is 25.6. The molecular formula is C29H27NO4. The van der Waals surface area contributed by atoms with Gasteiger partial charge in [-0.3, -0.25) is 0 Å². The highest BCUT2D eigenvalue weighted by atomic mass is 16.5. The molecule has 0 spiro atoms. The van der Waals surface area contributed by atoms with E-state index in [2.05, 4.69) is 78.0 Å². The lowest BCUT2D eigenvalue weighted by Gasteiger charge is -2.40. The molecule has 34 heavy (non-hydrogen) atoms. The summed E-state index contributed by atoms with van der Waals surface area (Å²) in [5, 5.41) is 12.0. The molecule has 0 amide bonds. The second-order valence-corrected chi connectivity index (χ2v) is 8.50. The molecule has 1 N–H and O–H groups in total. The lowest BCUT2D eigenvalue weighted by molar-refractivity contribution is 0.201. The molecule has 0 saturated carbocycles. The van der Waals surface area contributed by atoms with E-state index in [1.807, 2.05) is 18.2 Å². The molecular weight excluding hydrogens is 426 g/mol. The van der Waals surface area contributed by atoms with Gasteiger partial charge in [-0.2, -0.15) is 4.91 Å². The first-order chi connectivity index (χ1) is 16.8. The number of nitrogens with zero attached hydrogens (tertiary/aromatic N) is 1. The smallest absolute Gasteiger partial charge is 0.119 e. The Kier molecular flexibility index (Phi) is 6.28. The van der Waals surface area contributed by atoms with Crippen molar-refractivity contribution < 1.29 is 14.6 Å². The standard InChI is InChI=1S/C29H27NO4/c31-18-20-34-24-15-11-22(12-16-24)29(21-9-13-23(14-10-21)33-19-17-30-32)27-7-3-1-5-25(27)26-6-2-4-8-28(26)29/h1-9,11-16,21,31H,10,17-20H2. The summed E-state index contributed by atoms with van der Waals surface area (Å²) in [5.41, 5.74) is 5.92. The van der Waals surface area contributed by atoms with Crippen LogP contribution in [0.2, 0.25) is 0 Å². The minimum Gasteiger partial charge on any atom is -0.492 e. The van der Waals surface area contributed by atoms with Gasteiger partial charge in [-0.05, 0) is 64.4 Å². The number of hydrogen-bond donors (Lipinski definition) is 1. The Hall–Kier alpha value is -3.70. The molecule has 5 heteroatoms. The molecule has 2 aliphatic carbocycles. The van der Waals surface area contributed by atoms with Crippen LogP contribution in [0.15, 0.2) is 102 Å². The van der Waals surface area contributed by atoms with Crippen molar-refractivity contribution in [2.24, 2.45) is 11.1 Å². The number of rotatable bonds is 9. The number of allylic oxidation sites excluding steroid dienone is 3. The van der Waals surface area contributed by atoms with E-state index >= 15 is 0 Å². The molecule has 1 unspecified atom stereocenters. The van der Waals surface area contributed by atoms with Gasteiger partial charge in [0, 0.05) is 0 Å². The number of fused-ring (bicyclic) bond motifs is 3. The van der Waals surface area contributed by atoms with Crippen LogP contribution < -0.4 is 4.74 Å². The topological polar surface area (TPSA) is 68.1 Å². The lowest BCUT2D eigenvalue weighted by atomic mass is 9.62. The normalized spacial score (nSPS) is 17.4. The van der Waals surface area contributed by atoms with E-state index < -0.39 is 0 Å². The van der Waals surface area contributed by atoms with Crippen molar-refractivity contribution in [3.05, 3.63) is 118 Å². The van der Waals surface area contributed by atoms with Gasteiger partial charge >= 0.3 is 0 Å². The summed E-state index contributed by atoms with van der Waals surface area (Å²) in [4.78, 5) is 10.4. The maximum Gasteiger partial charge on any atom is 0.119 e. The van der Waals surface area contributed by atoms with Gasteiger partial charge in [-0.15, -0.1) is 0 Å². The zero-order valence-electron chi connectivity index (χ0n) is 18.9. The largest absolute Gasteiger partial charge is 0.492 e. The predicted molar refractivity (Wildman–Crippen MR) is 133 cm³/mol. The van der Waals surface area contributed by atoms with Crippen LogP contribution in [-0.4, -0.2) is 31.5 Å². The van der Waals surface area contributed by atoms with Gasteiger partial charge in [-0.1, -0.05) is 71.9 Å². The third-order valence-electron chi connectivity index (χ3n) is 6.74. The van der Waals surface area contributed by atoms with Gasteiger partial charge in [0.25, 0.3) is 0 Å². The summed E-state index contributed by atoms with van der Waals surface area (Å²) in [7, 11) is 0. The molecule has 0 radical (unpaired) electrons. The van der Waals surface area contributed by atoms with Gasteiger partial charge in [0.1, 0.15) is 31.3 Å². The van der Waals surface area contributed by atoms with Gasteiger partial charge in [0.15, 0.2) is 0 Å². The Morgan fingerprint density at radius 2 is 1.56 bits per heavy atom. The van der Waals surface area contributed by atoms with Crippen molar-refractivity contribution in [1.29, 1.82) is 0 Å². The van der Waals surface area contributed by atoms with Gasteiger partial charge in [0.2, 0.25) is 0 Å². The summed E-state index contributed by atoms with van der Waals surface area (Å²) in [6.07, 6.45) is 7.16. The first kappa shape index (κ1) is 22.1. The molecule has 172 valence electrons. The van der Waals surface area contributed by atoms with Crippen molar-refractivity contribution in [3.8, 4) is 16.9 Å². The number of nitroso groups, excluding NO2 is 1. The van der Waals surface area contributed by atoms with E-state index in [9.17, 15) is 4.91 Å². The highest BCUT2D eigenvalue weighted by Crippen LogP contribution is 2.58. The summed E-state index contributed by atoms with van der Waals surface area (Å²) in [6.45, 7) is 0.689. The summed E-state index contributed by atoms with van der Waals surface area (Å²) in [5.74, 6) is 1.69. The molecule has 5 rings (SSSR count). The van der Waals surface area contributed by atoms with Gasteiger partial charge in [-0.25, -0.2) is 0 Å². The Bertz CT molecular complexity index is 1180. The van der Waals surface area contributed by atoms with Gasteiger partial charge in [0.05, 0.1) is 12.0 Å². The molecule has 0 bridgehead atoms. The highest BCUT2D eigenvalue weighted by Gasteiger charge is 2.49. The molecule has 2 aliphatic rings. The van der Waals surface area contributed by atoms with E-state index in [1.54, 1.807) is 0 Å². The lowest BCUT2D eigenvalue weighted by Crippen LogP contribution is -2.35. The molecule has 0 aliphatic heterocycles. The van der Waals surface area contributed by atoms with Crippen LogP contribution in [-0.2, 0) is 10.2 Å². The molecule has 3 aromatic rings. The van der Waals surface area contributed by atoms with Crippen LogP contribution in [0.4, 0.5) is 0 Å². The van der Waals surface area contributed by atoms with Crippen molar-refractivity contribution in [2.75, 3.05) is 26.4 Å². The third kappa shape index (κ3) is 3.72. The summed E-state index contributed by atoms with van der Waals surface area (Å²) >= 11 is 0. The van der Waals surface area contributed by atoms with E-state index in [0.29, 0.717) is 0 Å². The minimum absolute atomic E-state index is 0.0149. The Labute approximate surface area is 199 Å². The van der Waals surface area contributed by atoms with Crippen LogP contribution in [0.3, 0.4) is 0 Å². The van der Waals surface area contributed by atoms with Crippen LogP contribution in [0.25, 0.3) is 11.1 Å². The molecule has 3 aromatic carbocycles. The van der Waals surface area contributed by atoms with Crippen molar-refractivity contribution >= 4 is 0 Å². The first-order valence-corrected chi connectivity index (χ1v) is 11.6. The average molecular weight is 454 g/mol. The van der Waals surface area contributed by atoms with Crippen molar-refractivity contribution in [3.63, 3.8) is 0 Å². The third-order valence-corrected chi connectivity index (χ3v) is 6.74.